The molecule has 0 aliphatic carbocycles. The maximum atomic E-state index is 14.8. The Kier molecular flexibility index (Phi) is 6.60. The van der Waals surface area contributed by atoms with Gasteiger partial charge in [-0.15, -0.1) is 0 Å². The molecule has 2 rings (SSSR count). The zero-order valence-electron chi connectivity index (χ0n) is 13.4. The van der Waals surface area contributed by atoms with Gasteiger partial charge in [0.1, 0.15) is 6.61 Å². The van der Waals surface area contributed by atoms with Crippen LogP contribution in [0.25, 0.3) is 0 Å². The summed E-state index contributed by atoms with van der Waals surface area (Å²) in [6.07, 6.45) is 0.733. The number of benzene rings is 2. The van der Waals surface area contributed by atoms with E-state index >= 15 is 0 Å². The predicted octanol–water partition coefficient (Wildman–Crippen LogP) is 5.64. The lowest BCUT2D eigenvalue weighted by molar-refractivity contribution is 0.0979. The maximum Gasteiger partial charge on any atom is 0.172 e. The third kappa shape index (κ3) is 4.33. The van der Waals surface area contributed by atoms with Gasteiger partial charge in [0.05, 0.1) is 6.10 Å². The fourth-order valence-corrected chi connectivity index (χ4v) is 3.18. The number of ether oxygens (including phenoxy) is 1. The minimum Gasteiger partial charge on any atom is -0.486 e. The molecule has 124 valence electrons. The van der Waals surface area contributed by atoms with Gasteiger partial charge in [0.15, 0.2) is 11.6 Å². The maximum absolute atomic E-state index is 14.8. The van der Waals surface area contributed by atoms with Crippen molar-refractivity contribution >= 4 is 15.9 Å². The molecule has 0 bridgehead atoms. The van der Waals surface area contributed by atoms with Gasteiger partial charge in [0.25, 0.3) is 0 Å². The highest BCUT2D eigenvalue weighted by Crippen LogP contribution is 2.37. The van der Waals surface area contributed by atoms with Gasteiger partial charge in [-0.05, 0) is 23.6 Å². The minimum absolute atomic E-state index is 0.0187. The molecule has 0 saturated heterocycles. The third-order valence-electron chi connectivity index (χ3n) is 4.12. The van der Waals surface area contributed by atoms with Crippen LogP contribution >= 0.6 is 15.9 Å². The summed E-state index contributed by atoms with van der Waals surface area (Å²) < 4.78 is 21.0. The van der Waals surface area contributed by atoms with Crippen molar-refractivity contribution in [2.75, 3.05) is 0 Å². The van der Waals surface area contributed by atoms with Crippen LogP contribution in [0.15, 0.2) is 46.9 Å². The first-order valence-corrected chi connectivity index (χ1v) is 8.70. The summed E-state index contributed by atoms with van der Waals surface area (Å²) >= 11 is 3.35. The van der Waals surface area contributed by atoms with Crippen LogP contribution in [0.5, 0.6) is 5.75 Å². The van der Waals surface area contributed by atoms with E-state index in [0.29, 0.717) is 11.1 Å². The van der Waals surface area contributed by atoms with Crippen molar-refractivity contribution in [2.24, 2.45) is 5.92 Å². The smallest absolute Gasteiger partial charge is 0.172 e. The van der Waals surface area contributed by atoms with Crippen molar-refractivity contribution in [1.82, 2.24) is 0 Å². The van der Waals surface area contributed by atoms with Crippen LogP contribution in [-0.2, 0) is 6.61 Å². The molecule has 0 saturated carbocycles. The summed E-state index contributed by atoms with van der Waals surface area (Å²) in [4.78, 5) is 0. The highest BCUT2D eigenvalue weighted by Gasteiger charge is 2.25. The van der Waals surface area contributed by atoms with Crippen molar-refractivity contribution < 1.29 is 14.2 Å². The van der Waals surface area contributed by atoms with E-state index in [4.69, 9.17) is 4.74 Å². The zero-order chi connectivity index (χ0) is 16.8. The third-order valence-corrected chi connectivity index (χ3v) is 4.81. The Labute approximate surface area is 145 Å². The van der Waals surface area contributed by atoms with Crippen molar-refractivity contribution in [3.63, 3.8) is 0 Å². The lowest BCUT2D eigenvalue weighted by Crippen LogP contribution is -2.14. The number of aliphatic hydroxyl groups excluding tert-OH is 1. The number of rotatable bonds is 7. The molecule has 1 N–H and O–H groups in total. The van der Waals surface area contributed by atoms with Gasteiger partial charge in [-0.2, -0.15) is 0 Å². The zero-order valence-corrected chi connectivity index (χ0v) is 15.0. The summed E-state index contributed by atoms with van der Waals surface area (Å²) in [5.74, 6) is -0.308. The molecule has 4 heteroatoms. The molecular weight excluding hydrogens is 359 g/mol. The molecule has 0 spiro atoms. The van der Waals surface area contributed by atoms with E-state index in [1.54, 1.807) is 12.1 Å². The van der Waals surface area contributed by atoms with E-state index in [1.165, 1.54) is 0 Å². The van der Waals surface area contributed by atoms with E-state index in [2.05, 4.69) is 15.9 Å². The van der Waals surface area contributed by atoms with Crippen molar-refractivity contribution in [3.05, 3.63) is 63.9 Å². The topological polar surface area (TPSA) is 29.5 Å². The first-order chi connectivity index (χ1) is 11.1. The molecular formula is C19H22BrFO2. The van der Waals surface area contributed by atoms with Crippen LogP contribution in [0, 0.1) is 11.7 Å². The average Bonchev–Trinajstić information content (AvgIpc) is 2.56. The van der Waals surface area contributed by atoms with E-state index in [0.717, 1.165) is 18.4 Å². The van der Waals surface area contributed by atoms with Crippen LogP contribution in [0.2, 0.25) is 0 Å². The Morgan fingerprint density at radius 3 is 2.35 bits per heavy atom. The summed E-state index contributed by atoms with van der Waals surface area (Å²) in [6, 6.07) is 12.9. The largest absolute Gasteiger partial charge is 0.486 e. The summed E-state index contributed by atoms with van der Waals surface area (Å²) in [5, 5.41) is 10.5. The van der Waals surface area contributed by atoms with Gasteiger partial charge in [-0.1, -0.05) is 73.0 Å². The standard InChI is InChI=1S/C19H22BrFO2/c1-3-14(4-2)19(22)17-15(20)10-11-16(18(17)21)23-12-13-8-6-5-7-9-13/h5-11,14,19,22H,3-4,12H2,1-2H3. The molecule has 2 nitrogen and oxygen atoms in total. The SMILES string of the molecule is CCC(CC)C(O)c1c(Br)ccc(OCc2ccccc2)c1F. The molecule has 0 radical (unpaired) electrons. The Morgan fingerprint density at radius 1 is 1.09 bits per heavy atom. The fraction of sp³-hybridized carbons (Fsp3) is 0.368. The molecule has 0 aromatic heterocycles. The number of hydrogen-bond donors (Lipinski definition) is 1. The van der Waals surface area contributed by atoms with Crippen molar-refractivity contribution in [3.8, 4) is 5.75 Å². The second-order valence-corrected chi connectivity index (χ2v) is 6.42. The van der Waals surface area contributed by atoms with Gasteiger partial charge >= 0.3 is 0 Å². The van der Waals surface area contributed by atoms with E-state index in [1.807, 2.05) is 44.2 Å². The fourth-order valence-electron chi connectivity index (χ4n) is 2.64. The predicted molar refractivity (Wildman–Crippen MR) is 93.9 cm³/mol. The Hall–Kier alpha value is -1.39. The van der Waals surface area contributed by atoms with Crippen LogP contribution in [-0.4, -0.2) is 5.11 Å². The second-order valence-electron chi connectivity index (χ2n) is 5.57. The molecule has 2 aromatic carbocycles. The van der Waals surface area contributed by atoms with Gasteiger partial charge < -0.3 is 9.84 Å². The van der Waals surface area contributed by atoms with E-state index in [-0.39, 0.29) is 17.2 Å². The highest BCUT2D eigenvalue weighted by atomic mass is 79.9. The average molecular weight is 381 g/mol. The highest BCUT2D eigenvalue weighted by molar-refractivity contribution is 9.10. The van der Waals surface area contributed by atoms with Gasteiger partial charge in [0, 0.05) is 10.0 Å². The quantitative estimate of drug-likeness (QED) is 0.673. The lowest BCUT2D eigenvalue weighted by Gasteiger charge is -2.23. The number of halogens is 2. The number of hydrogen-bond acceptors (Lipinski definition) is 2. The minimum atomic E-state index is -0.848. The summed E-state index contributed by atoms with van der Waals surface area (Å²) in [7, 11) is 0. The first kappa shape index (κ1) is 18.0. The molecule has 0 aliphatic heterocycles. The van der Waals surface area contributed by atoms with E-state index < -0.39 is 11.9 Å². The molecule has 1 unspecified atom stereocenters. The second kappa shape index (κ2) is 8.46. The molecule has 2 aromatic rings. The van der Waals surface area contributed by atoms with Crippen LogP contribution in [0.3, 0.4) is 0 Å². The summed E-state index contributed by atoms with van der Waals surface area (Å²) in [6.45, 7) is 4.29. The number of aliphatic hydroxyl groups is 1. The van der Waals surface area contributed by atoms with Crippen LogP contribution in [0.1, 0.15) is 43.9 Å². The van der Waals surface area contributed by atoms with Crippen LogP contribution in [0.4, 0.5) is 4.39 Å². The molecule has 0 heterocycles. The molecule has 0 amide bonds. The van der Waals surface area contributed by atoms with Gasteiger partial charge in [0.2, 0.25) is 0 Å². The first-order valence-electron chi connectivity index (χ1n) is 7.91. The van der Waals surface area contributed by atoms with Crippen molar-refractivity contribution in [1.29, 1.82) is 0 Å². The van der Waals surface area contributed by atoms with E-state index in [9.17, 15) is 9.50 Å². The molecule has 23 heavy (non-hydrogen) atoms. The van der Waals surface area contributed by atoms with Crippen LogP contribution < -0.4 is 4.74 Å². The monoisotopic (exact) mass is 380 g/mol. The molecule has 1 atom stereocenters. The Morgan fingerprint density at radius 2 is 1.74 bits per heavy atom. The Bertz CT molecular complexity index is 627. The lowest BCUT2D eigenvalue weighted by atomic mass is 9.91. The van der Waals surface area contributed by atoms with Crippen molar-refractivity contribution in [2.45, 2.75) is 39.4 Å². The normalized spacial score (nSPS) is 12.4. The Balaban J connectivity index is 2.24. The van der Waals surface area contributed by atoms with Gasteiger partial charge in [-0.3, -0.25) is 0 Å². The molecule has 0 fully saturated rings. The summed E-state index contributed by atoms with van der Waals surface area (Å²) in [5.41, 5.74) is 1.25. The molecule has 0 aliphatic rings. The van der Waals surface area contributed by atoms with Gasteiger partial charge in [-0.25, -0.2) is 4.39 Å².